The van der Waals surface area contributed by atoms with E-state index < -0.39 is 0 Å². The van der Waals surface area contributed by atoms with E-state index in [1.54, 1.807) is 18.3 Å². The number of carbonyl (C=O) groups is 1. The third-order valence-electron chi connectivity index (χ3n) is 4.44. The van der Waals surface area contributed by atoms with Crippen LogP contribution in [0.1, 0.15) is 30.3 Å². The largest absolute Gasteiger partial charge is 0.457 e. The van der Waals surface area contributed by atoms with Crippen LogP contribution in [-0.4, -0.2) is 34.9 Å². The maximum absolute atomic E-state index is 12.8. The zero-order chi connectivity index (χ0) is 16.9. The van der Waals surface area contributed by atoms with Crippen LogP contribution in [0.3, 0.4) is 0 Å². The van der Waals surface area contributed by atoms with Crippen molar-refractivity contribution in [2.45, 2.75) is 25.8 Å². The fourth-order valence-corrected chi connectivity index (χ4v) is 3.11. The van der Waals surface area contributed by atoms with Gasteiger partial charge in [0, 0.05) is 31.4 Å². The second-order valence-electron chi connectivity index (χ2n) is 6.31. The van der Waals surface area contributed by atoms with E-state index in [1.165, 1.54) is 0 Å². The van der Waals surface area contributed by atoms with Crippen LogP contribution in [0.5, 0.6) is 11.5 Å². The average Bonchev–Trinajstić information content (AvgIpc) is 2.62. The number of likely N-dealkylation sites (tertiary alicyclic amines) is 1. The molecule has 142 valence electrons. The SMILES string of the molecule is CC1CCN(C(=O)c2cc(Oc3ccccc3)ccn2)C(CN)C1.Cl.Cl. The molecule has 1 amide bonds. The highest BCUT2D eigenvalue weighted by atomic mass is 35.5. The third kappa shape index (κ3) is 5.34. The molecule has 0 aliphatic carbocycles. The summed E-state index contributed by atoms with van der Waals surface area (Å²) in [4.78, 5) is 18.9. The first kappa shape index (κ1) is 22.2. The number of aromatic nitrogens is 1. The normalized spacial score (nSPS) is 19.1. The van der Waals surface area contributed by atoms with Crippen molar-refractivity contribution in [1.29, 1.82) is 0 Å². The summed E-state index contributed by atoms with van der Waals surface area (Å²) in [6, 6.07) is 13.0. The Morgan fingerprint density at radius 2 is 1.96 bits per heavy atom. The summed E-state index contributed by atoms with van der Waals surface area (Å²) in [7, 11) is 0. The summed E-state index contributed by atoms with van der Waals surface area (Å²) >= 11 is 0. The predicted molar refractivity (Wildman–Crippen MR) is 108 cm³/mol. The number of carbonyl (C=O) groups excluding carboxylic acids is 1. The molecule has 1 aromatic heterocycles. The lowest BCUT2D eigenvalue weighted by Gasteiger charge is -2.37. The number of amides is 1. The fraction of sp³-hybridized carbons (Fsp3) is 0.368. The van der Waals surface area contributed by atoms with Crippen LogP contribution in [0.4, 0.5) is 0 Å². The maximum Gasteiger partial charge on any atom is 0.272 e. The molecule has 2 heterocycles. The van der Waals surface area contributed by atoms with Gasteiger partial charge in [0.25, 0.3) is 5.91 Å². The molecule has 2 aromatic rings. The van der Waals surface area contributed by atoms with Gasteiger partial charge in [-0.25, -0.2) is 0 Å². The van der Waals surface area contributed by atoms with Gasteiger partial charge in [0.15, 0.2) is 0 Å². The Hall–Kier alpha value is -1.82. The molecule has 2 unspecified atom stereocenters. The number of pyridine rings is 1. The van der Waals surface area contributed by atoms with Gasteiger partial charge in [-0.2, -0.15) is 0 Å². The Labute approximate surface area is 166 Å². The van der Waals surface area contributed by atoms with Crippen molar-refractivity contribution in [3.63, 3.8) is 0 Å². The van der Waals surface area contributed by atoms with E-state index in [2.05, 4.69) is 11.9 Å². The summed E-state index contributed by atoms with van der Waals surface area (Å²) in [5, 5.41) is 0. The van der Waals surface area contributed by atoms with Crippen LogP contribution < -0.4 is 10.5 Å². The standard InChI is InChI=1S/C19H23N3O2.2ClH/c1-14-8-10-22(15(11-14)13-20)19(23)18-12-17(7-9-21-18)24-16-5-3-2-4-6-16;;/h2-7,9,12,14-15H,8,10-11,13,20H2,1H3;2*1H. The summed E-state index contributed by atoms with van der Waals surface area (Å²) < 4.78 is 5.79. The van der Waals surface area contributed by atoms with E-state index >= 15 is 0 Å². The number of benzene rings is 1. The predicted octanol–water partition coefficient (Wildman–Crippen LogP) is 3.92. The molecule has 2 atom stereocenters. The van der Waals surface area contributed by atoms with Gasteiger partial charge in [0.05, 0.1) is 0 Å². The summed E-state index contributed by atoms with van der Waals surface area (Å²) in [5.41, 5.74) is 6.26. The number of nitrogens with two attached hydrogens (primary N) is 1. The highest BCUT2D eigenvalue weighted by Crippen LogP contribution is 2.25. The number of ether oxygens (including phenoxy) is 1. The highest BCUT2D eigenvalue weighted by molar-refractivity contribution is 5.93. The molecule has 0 bridgehead atoms. The van der Waals surface area contributed by atoms with Gasteiger partial charge in [0.2, 0.25) is 0 Å². The molecular weight excluding hydrogens is 373 g/mol. The van der Waals surface area contributed by atoms with Gasteiger partial charge in [0.1, 0.15) is 17.2 Å². The molecule has 1 aromatic carbocycles. The quantitative estimate of drug-likeness (QED) is 0.848. The second-order valence-corrected chi connectivity index (χ2v) is 6.31. The van der Waals surface area contributed by atoms with Gasteiger partial charge in [-0.05, 0) is 37.0 Å². The maximum atomic E-state index is 12.8. The minimum atomic E-state index is -0.0733. The first-order valence-corrected chi connectivity index (χ1v) is 8.37. The fourth-order valence-electron chi connectivity index (χ4n) is 3.11. The molecule has 1 saturated heterocycles. The molecule has 0 spiro atoms. The first-order valence-electron chi connectivity index (χ1n) is 8.37. The monoisotopic (exact) mass is 397 g/mol. The lowest BCUT2D eigenvalue weighted by atomic mass is 9.92. The highest BCUT2D eigenvalue weighted by Gasteiger charge is 2.30. The summed E-state index contributed by atoms with van der Waals surface area (Å²) in [5.74, 6) is 1.86. The average molecular weight is 398 g/mol. The molecule has 3 rings (SSSR count). The van der Waals surface area contributed by atoms with Crippen LogP contribution in [0.15, 0.2) is 48.7 Å². The molecule has 1 fully saturated rings. The van der Waals surface area contributed by atoms with E-state index in [-0.39, 0.29) is 36.8 Å². The second kappa shape index (κ2) is 10.4. The van der Waals surface area contributed by atoms with Crippen LogP contribution in [0.25, 0.3) is 0 Å². The van der Waals surface area contributed by atoms with Crippen molar-refractivity contribution >= 4 is 30.7 Å². The third-order valence-corrected chi connectivity index (χ3v) is 4.44. The van der Waals surface area contributed by atoms with Crippen LogP contribution in [0, 0.1) is 5.92 Å². The van der Waals surface area contributed by atoms with E-state index in [0.29, 0.717) is 23.9 Å². The zero-order valence-electron chi connectivity index (χ0n) is 14.7. The zero-order valence-corrected chi connectivity index (χ0v) is 16.3. The number of para-hydroxylation sites is 1. The summed E-state index contributed by atoms with van der Waals surface area (Å²) in [6.45, 7) is 3.42. The Morgan fingerprint density at radius 1 is 1.23 bits per heavy atom. The van der Waals surface area contributed by atoms with Gasteiger partial charge in [-0.3, -0.25) is 9.78 Å². The van der Waals surface area contributed by atoms with Crippen LogP contribution in [-0.2, 0) is 0 Å². The Balaban J connectivity index is 0.00000169. The topological polar surface area (TPSA) is 68.5 Å². The van der Waals surface area contributed by atoms with Crippen molar-refractivity contribution in [1.82, 2.24) is 9.88 Å². The smallest absolute Gasteiger partial charge is 0.272 e. The number of piperidine rings is 1. The number of nitrogens with zero attached hydrogens (tertiary/aromatic N) is 2. The number of hydrogen-bond acceptors (Lipinski definition) is 4. The van der Waals surface area contributed by atoms with Crippen molar-refractivity contribution in [2.24, 2.45) is 11.7 Å². The molecule has 0 radical (unpaired) electrons. The molecular formula is C19H25Cl2N3O2. The number of hydrogen-bond donors (Lipinski definition) is 1. The Morgan fingerprint density at radius 3 is 2.65 bits per heavy atom. The minimum Gasteiger partial charge on any atom is -0.457 e. The van der Waals surface area contributed by atoms with E-state index in [4.69, 9.17) is 10.5 Å². The number of halogens is 2. The van der Waals surface area contributed by atoms with E-state index in [0.717, 1.165) is 25.1 Å². The Bertz CT molecular complexity index is 700. The van der Waals surface area contributed by atoms with Crippen LogP contribution in [0.2, 0.25) is 0 Å². The van der Waals surface area contributed by atoms with Crippen molar-refractivity contribution < 1.29 is 9.53 Å². The van der Waals surface area contributed by atoms with Gasteiger partial charge in [-0.15, -0.1) is 24.8 Å². The van der Waals surface area contributed by atoms with Gasteiger partial charge in [-0.1, -0.05) is 25.1 Å². The van der Waals surface area contributed by atoms with Gasteiger partial charge < -0.3 is 15.4 Å². The van der Waals surface area contributed by atoms with Gasteiger partial charge >= 0.3 is 0 Å². The summed E-state index contributed by atoms with van der Waals surface area (Å²) in [6.07, 6.45) is 3.56. The van der Waals surface area contributed by atoms with Crippen LogP contribution >= 0.6 is 24.8 Å². The van der Waals surface area contributed by atoms with Crippen molar-refractivity contribution in [3.8, 4) is 11.5 Å². The number of rotatable bonds is 4. The molecule has 7 heteroatoms. The molecule has 0 saturated carbocycles. The molecule has 1 aliphatic rings. The lowest BCUT2D eigenvalue weighted by Crippen LogP contribution is -2.49. The Kier molecular flexibility index (Phi) is 8.85. The molecule has 1 aliphatic heterocycles. The molecule has 26 heavy (non-hydrogen) atoms. The van der Waals surface area contributed by atoms with E-state index in [9.17, 15) is 4.79 Å². The first-order chi connectivity index (χ1) is 11.7. The lowest BCUT2D eigenvalue weighted by molar-refractivity contribution is 0.0567. The minimum absolute atomic E-state index is 0. The molecule has 2 N–H and O–H groups in total. The molecule has 5 nitrogen and oxygen atoms in total. The van der Waals surface area contributed by atoms with E-state index in [1.807, 2.05) is 35.2 Å². The van der Waals surface area contributed by atoms with Crippen molar-refractivity contribution in [2.75, 3.05) is 13.1 Å². The van der Waals surface area contributed by atoms with Crippen molar-refractivity contribution in [3.05, 3.63) is 54.4 Å².